The summed E-state index contributed by atoms with van der Waals surface area (Å²) >= 11 is 18.0. The maximum Gasteiger partial charge on any atom is 0.0499 e. The van der Waals surface area contributed by atoms with Gasteiger partial charge in [-0.05, 0) is 35.4 Å². The third kappa shape index (κ3) is 2.75. The monoisotopic (exact) mass is 285 g/mol. The molecule has 0 fully saturated rings. The van der Waals surface area contributed by atoms with Gasteiger partial charge in [0.15, 0.2) is 0 Å². The van der Waals surface area contributed by atoms with Crippen molar-refractivity contribution in [1.82, 2.24) is 0 Å². The van der Waals surface area contributed by atoms with Crippen molar-refractivity contribution in [3.63, 3.8) is 0 Å². The standard InChI is InChI=1S/C13H10Cl3N/c14-10-2-3-11(13(16)6-10)8-1-4-12(15)9(5-8)7-17/h1-6H,7,17H2. The quantitative estimate of drug-likeness (QED) is 0.845. The number of nitrogens with two attached hydrogens (primary N) is 1. The molecule has 0 aliphatic heterocycles. The van der Waals surface area contributed by atoms with Gasteiger partial charge in [0.25, 0.3) is 0 Å². The minimum atomic E-state index is 0.401. The van der Waals surface area contributed by atoms with E-state index in [1.807, 2.05) is 24.3 Å². The Morgan fingerprint density at radius 1 is 0.882 bits per heavy atom. The summed E-state index contributed by atoms with van der Waals surface area (Å²) in [7, 11) is 0. The summed E-state index contributed by atoms with van der Waals surface area (Å²) in [5.41, 5.74) is 8.42. The molecule has 0 aliphatic rings. The number of rotatable bonds is 2. The van der Waals surface area contributed by atoms with E-state index < -0.39 is 0 Å². The predicted octanol–water partition coefficient (Wildman–Crippen LogP) is 4.77. The van der Waals surface area contributed by atoms with Crippen molar-refractivity contribution in [1.29, 1.82) is 0 Å². The first-order chi connectivity index (χ1) is 8.11. The van der Waals surface area contributed by atoms with Crippen LogP contribution in [0.2, 0.25) is 15.1 Å². The van der Waals surface area contributed by atoms with Crippen molar-refractivity contribution in [3.05, 3.63) is 57.0 Å². The Hall–Kier alpha value is -0.730. The van der Waals surface area contributed by atoms with Gasteiger partial charge in [-0.1, -0.05) is 46.9 Å². The van der Waals surface area contributed by atoms with Crippen LogP contribution in [0.3, 0.4) is 0 Å². The number of benzene rings is 2. The number of hydrogen-bond donors (Lipinski definition) is 1. The Balaban J connectivity index is 2.53. The first-order valence-corrected chi connectivity index (χ1v) is 6.19. The molecule has 0 atom stereocenters. The Kier molecular flexibility index (Phi) is 3.95. The third-order valence-electron chi connectivity index (χ3n) is 2.51. The van der Waals surface area contributed by atoms with Crippen molar-refractivity contribution < 1.29 is 0 Å². The SMILES string of the molecule is NCc1cc(-c2ccc(Cl)cc2Cl)ccc1Cl. The van der Waals surface area contributed by atoms with Crippen molar-refractivity contribution in [2.45, 2.75) is 6.54 Å². The van der Waals surface area contributed by atoms with E-state index in [4.69, 9.17) is 40.5 Å². The molecule has 1 nitrogen and oxygen atoms in total. The Morgan fingerprint density at radius 2 is 1.65 bits per heavy atom. The first-order valence-electron chi connectivity index (χ1n) is 5.05. The molecular formula is C13H10Cl3N. The van der Waals surface area contributed by atoms with E-state index in [0.29, 0.717) is 21.6 Å². The van der Waals surface area contributed by atoms with E-state index >= 15 is 0 Å². The molecule has 0 heterocycles. The molecule has 4 heteroatoms. The second-order valence-corrected chi connectivity index (χ2v) is 4.89. The summed E-state index contributed by atoms with van der Waals surface area (Å²) in [5.74, 6) is 0. The largest absolute Gasteiger partial charge is 0.326 e. The summed E-state index contributed by atoms with van der Waals surface area (Å²) in [6.45, 7) is 0.401. The van der Waals surface area contributed by atoms with E-state index in [0.717, 1.165) is 16.7 Å². The molecule has 0 unspecified atom stereocenters. The van der Waals surface area contributed by atoms with E-state index in [1.54, 1.807) is 12.1 Å². The second-order valence-electron chi connectivity index (χ2n) is 3.63. The summed E-state index contributed by atoms with van der Waals surface area (Å²) in [6.07, 6.45) is 0. The molecule has 0 radical (unpaired) electrons. The molecular weight excluding hydrogens is 277 g/mol. The zero-order chi connectivity index (χ0) is 12.4. The fourth-order valence-electron chi connectivity index (χ4n) is 1.62. The fourth-order valence-corrected chi connectivity index (χ4v) is 2.33. The van der Waals surface area contributed by atoms with E-state index in [9.17, 15) is 0 Å². The van der Waals surface area contributed by atoms with Crippen LogP contribution in [0.5, 0.6) is 0 Å². The maximum absolute atomic E-state index is 6.15. The lowest BCUT2D eigenvalue weighted by molar-refractivity contribution is 1.07. The lowest BCUT2D eigenvalue weighted by Gasteiger charge is -2.08. The lowest BCUT2D eigenvalue weighted by atomic mass is 10.0. The Labute approximate surface area is 115 Å². The molecule has 0 bridgehead atoms. The van der Waals surface area contributed by atoms with Gasteiger partial charge < -0.3 is 5.73 Å². The van der Waals surface area contributed by atoms with Crippen LogP contribution in [0.25, 0.3) is 11.1 Å². The molecule has 2 aromatic carbocycles. The number of halogens is 3. The summed E-state index contributed by atoms with van der Waals surface area (Å²) in [5, 5.41) is 1.90. The zero-order valence-electron chi connectivity index (χ0n) is 8.88. The van der Waals surface area contributed by atoms with Crippen molar-refractivity contribution in [2.24, 2.45) is 5.73 Å². The maximum atomic E-state index is 6.15. The van der Waals surface area contributed by atoms with E-state index in [1.165, 1.54) is 0 Å². The van der Waals surface area contributed by atoms with Crippen molar-refractivity contribution in [2.75, 3.05) is 0 Å². The van der Waals surface area contributed by atoms with Gasteiger partial charge in [-0.3, -0.25) is 0 Å². The smallest absolute Gasteiger partial charge is 0.0499 e. The lowest BCUT2D eigenvalue weighted by Crippen LogP contribution is -1.97. The molecule has 0 aromatic heterocycles. The average molecular weight is 287 g/mol. The van der Waals surface area contributed by atoms with Crippen LogP contribution in [0.4, 0.5) is 0 Å². The fraction of sp³-hybridized carbons (Fsp3) is 0.0769. The number of hydrogen-bond acceptors (Lipinski definition) is 1. The normalized spacial score (nSPS) is 10.6. The first kappa shape index (κ1) is 12.7. The highest BCUT2D eigenvalue weighted by Gasteiger charge is 2.06. The van der Waals surface area contributed by atoms with Crippen LogP contribution >= 0.6 is 34.8 Å². The van der Waals surface area contributed by atoms with Crippen LogP contribution in [0.15, 0.2) is 36.4 Å². The van der Waals surface area contributed by atoms with Crippen molar-refractivity contribution >= 4 is 34.8 Å². The van der Waals surface area contributed by atoms with Crippen LogP contribution in [0.1, 0.15) is 5.56 Å². The highest BCUT2D eigenvalue weighted by Crippen LogP contribution is 2.32. The third-order valence-corrected chi connectivity index (χ3v) is 3.42. The van der Waals surface area contributed by atoms with Crippen molar-refractivity contribution in [3.8, 4) is 11.1 Å². The van der Waals surface area contributed by atoms with E-state index in [-0.39, 0.29) is 0 Å². The molecule has 0 saturated carbocycles. The molecule has 2 N–H and O–H groups in total. The van der Waals surface area contributed by atoms with E-state index in [2.05, 4.69) is 0 Å². The van der Waals surface area contributed by atoms with Crippen LogP contribution in [0, 0.1) is 0 Å². The van der Waals surface area contributed by atoms with Gasteiger partial charge in [0.2, 0.25) is 0 Å². The van der Waals surface area contributed by atoms with Gasteiger partial charge in [-0.15, -0.1) is 0 Å². The summed E-state index contributed by atoms with van der Waals surface area (Å²) in [6, 6.07) is 11.1. The molecule has 0 aliphatic carbocycles. The highest BCUT2D eigenvalue weighted by atomic mass is 35.5. The Morgan fingerprint density at radius 3 is 2.29 bits per heavy atom. The van der Waals surface area contributed by atoms with Gasteiger partial charge in [0.1, 0.15) is 0 Å². The van der Waals surface area contributed by atoms with Gasteiger partial charge in [0, 0.05) is 27.2 Å². The van der Waals surface area contributed by atoms with Crippen LogP contribution in [-0.2, 0) is 6.54 Å². The minimum Gasteiger partial charge on any atom is -0.326 e. The summed E-state index contributed by atoms with van der Waals surface area (Å²) < 4.78 is 0. The zero-order valence-corrected chi connectivity index (χ0v) is 11.2. The second kappa shape index (κ2) is 5.28. The van der Waals surface area contributed by atoms with Gasteiger partial charge in [-0.2, -0.15) is 0 Å². The highest BCUT2D eigenvalue weighted by molar-refractivity contribution is 6.36. The minimum absolute atomic E-state index is 0.401. The predicted molar refractivity (Wildman–Crippen MR) is 74.8 cm³/mol. The average Bonchev–Trinajstić information content (AvgIpc) is 2.30. The topological polar surface area (TPSA) is 26.0 Å². The van der Waals surface area contributed by atoms with Gasteiger partial charge in [0.05, 0.1) is 0 Å². The van der Waals surface area contributed by atoms with Gasteiger partial charge in [-0.25, -0.2) is 0 Å². The Bertz CT molecular complexity index is 552. The molecule has 2 rings (SSSR count). The van der Waals surface area contributed by atoms with Crippen LogP contribution < -0.4 is 5.73 Å². The molecule has 0 saturated heterocycles. The molecule has 0 spiro atoms. The molecule has 2 aromatic rings. The van der Waals surface area contributed by atoms with Gasteiger partial charge >= 0.3 is 0 Å². The molecule has 88 valence electrons. The van der Waals surface area contributed by atoms with Crippen LogP contribution in [-0.4, -0.2) is 0 Å². The summed E-state index contributed by atoms with van der Waals surface area (Å²) in [4.78, 5) is 0. The molecule has 0 amide bonds. The molecule has 17 heavy (non-hydrogen) atoms.